The Bertz CT molecular complexity index is 628. The van der Waals surface area contributed by atoms with Crippen molar-refractivity contribution >= 4 is 38.6 Å². The third-order valence-electron chi connectivity index (χ3n) is 2.49. The van der Waals surface area contributed by atoms with E-state index in [4.69, 9.17) is 9.47 Å². The zero-order valence-electron chi connectivity index (χ0n) is 11.3. The fraction of sp³-hybridized carbons (Fsp3) is 0.231. The highest BCUT2D eigenvalue weighted by Gasteiger charge is 2.08. The lowest BCUT2D eigenvalue weighted by Gasteiger charge is -2.09. The Labute approximate surface area is 129 Å². The van der Waals surface area contributed by atoms with Gasteiger partial charge >= 0.3 is 0 Å². The molecule has 0 fully saturated rings. The second-order valence-corrected chi connectivity index (χ2v) is 5.61. The monoisotopic (exact) mass is 355 g/mol. The van der Waals surface area contributed by atoms with Crippen LogP contribution in [0, 0.1) is 6.92 Å². The first-order chi connectivity index (χ1) is 9.63. The summed E-state index contributed by atoms with van der Waals surface area (Å²) in [5.74, 6) is 1.32. The van der Waals surface area contributed by atoms with Gasteiger partial charge in [0.25, 0.3) is 0 Å². The summed E-state index contributed by atoms with van der Waals surface area (Å²) >= 11 is 4.98. The van der Waals surface area contributed by atoms with Gasteiger partial charge in [-0.15, -0.1) is 11.3 Å². The van der Waals surface area contributed by atoms with Crippen LogP contribution in [0.2, 0.25) is 0 Å². The number of methoxy groups -OCH3 is 2. The molecule has 0 amide bonds. The number of nitrogens with zero attached hydrogens (tertiary/aromatic N) is 2. The number of rotatable bonds is 5. The Hall–Kier alpha value is -1.60. The van der Waals surface area contributed by atoms with Gasteiger partial charge in [-0.05, 0) is 35.0 Å². The first kappa shape index (κ1) is 14.8. The molecule has 20 heavy (non-hydrogen) atoms. The maximum Gasteiger partial charge on any atom is 0.203 e. The smallest absolute Gasteiger partial charge is 0.203 e. The molecule has 5 nitrogen and oxygen atoms in total. The van der Waals surface area contributed by atoms with Gasteiger partial charge in [-0.2, -0.15) is 5.10 Å². The lowest BCUT2D eigenvalue weighted by atomic mass is 10.2. The summed E-state index contributed by atoms with van der Waals surface area (Å²) in [5, 5.41) is 6.89. The van der Waals surface area contributed by atoms with Crippen LogP contribution in [0.25, 0.3) is 0 Å². The first-order valence-corrected chi connectivity index (χ1v) is 7.44. The number of thiazole rings is 1. The van der Waals surface area contributed by atoms with E-state index in [1.807, 2.05) is 24.4 Å². The number of halogens is 1. The van der Waals surface area contributed by atoms with Crippen molar-refractivity contribution in [3.8, 4) is 11.5 Å². The number of nitrogens with one attached hydrogen (secondary N) is 1. The predicted octanol–water partition coefficient (Wildman–Crippen LogP) is 3.68. The Morgan fingerprint density at radius 1 is 1.30 bits per heavy atom. The molecule has 0 aliphatic heterocycles. The topological polar surface area (TPSA) is 55.7 Å². The molecular weight excluding hydrogens is 342 g/mol. The van der Waals surface area contributed by atoms with Crippen LogP contribution in [-0.4, -0.2) is 25.4 Å². The molecule has 0 aliphatic carbocycles. The van der Waals surface area contributed by atoms with Gasteiger partial charge < -0.3 is 9.47 Å². The van der Waals surface area contributed by atoms with Gasteiger partial charge in [-0.25, -0.2) is 4.98 Å². The summed E-state index contributed by atoms with van der Waals surface area (Å²) < 4.78 is 11.4. The van der Waals surface area contributed by atoms with Crippen LogP contribution >= 0.6 is 27.3 Å². The molecule has 0 radical (unpaired) electrons. The Morgan fingerprint density at radius 2 is 2.00 bits per heavy atom. The zero-order valence-corrected chi connectivity index (χ0v) is 13.7. The number of hydrogen-bond acceptors (Lipinski definition) is 6. The average molecular weight is 356 g/mol. The molecule has 1 aromatic heterocycles. The normalized spacial score (nSPS) is 10.8. The second kappa shape index (κ2) is 6.71. The van der Waals surface area contributed by atoms with Crippen LogP contribution in [0.15, 0.2) is 27.1 Å². The van der Waals surface area contributed by atoms with Gasteiger partial charge in [-0.1, -0.05) is 0 Å². The number of anilines is 1. The van der Waals surface area contributed by atoms with Crippen LogP contribution in [0.4, 0.5) is 5.13 Å². The van der Waals surface area contributed by atoms with E-state index in [0.29, 0.717) is 11.5 Å². The molecule has 1 heterocycles. The first-order valence-electron chi connectivity index (χ1n) is 5.76. The van der Waals surface area contributed by atoms with E-state index in [2.05, 4.69) is 31.4 Å². The van der Waals surface area contributed by atoms with Crippen LogP contribution in [0.1, 0.15) is 11.3 Å². The van der Waals surface area contributed by atoms with Gasteiger partial charge in [0.15, 0.2) is 11.5 Å². The minimum atomic E-state index is 0.655. The van der Waals surface area contributed by atoms with E-state index in [-0.39, 0.29) is 0 Å². The van der Waals surface area contributed by atoms with E-state index in [9.17, 15) is 0 Å². The van der Waals surface area contributed by atoms with Crippen molar-refractivity contribution in [3.05, 3.63) is 33.2 Å². The van der Waals surface area contributed by atoms with Crippen molar-refractivity contribution in [3.63, 3.8) is 0 Å². The maximum atomic E-state index is 5.26. The molecule has 0 spiro atoms. The number of benzene rings is 1. The van der Waals surface area contributed by atoms with Gasteiger partial charge in [0.1, 0.15) is 0 Å². The summed E-state index contributed by atoms with van der Waals surface area (Å²) in [4.78, 5) is 4.26. The maximum absolute atomic E-state index is 5.26. The molecule has 0 saturated carbocycles. The predicted molar refractivity (Wildman–Crippen MR) is 85.3 cm³/mol. The van der Waals surface area contributed by atoms with Gasteiger partial charge in [0, 0.05) is 15.4 Å². The highest BCUT2D eigenvalue weighted by Crippen LogP contribution is 2.32. The van der Waals surface area contributed by atoms with Crippen LogP contribution in [0.3, 0.4) is 0 Å². The summed E-state index contributed by atoms with van der Waals surface area (Å²) in [5.41, 5.74) is 4.74. The minimum Gasteiger partial charge on any atom is -0.493 e. The molecule has 0 atom stereocenters. The summed E-state index contributed by atoms with van der Waals surface area (Å²) in [6.45, 7) is 1.94. The van der Waals surface area contributed by atoms with E-state index in [1.165, 1.54) is 11.3 Å². The molecule has 0 saturated heterocycles. The molecule has 1 aromatic carbocycles. The lowest BCUT2D eigenvalue weighted by Crippen LogP contribution is -1.95. The Kier molecular flexibility index (Phi) is 4.97. The summed E-state index contributed by atoms with van der Waals surface area (Å²) in [6, 6.07) is 3.69. The van der Waals surface area contributed by atoms with Crippen molar-refractivity contribution in [2.75, 3.05) is 19.6 Å². The largest absolute Gasteiger partial charge is 0.493 e. The molecule has 7 heteroatoms. The lowest BCUT2D eigenvalue weighted by molar-refractivity contribution is 0.354. The zero-order chi connectivity index (χ0) is 14.5. The fourth-order valence-electron chi connectivity index (χ4n) is 1.53. The SMILES string of the molecule is COc1cc(Br)c(C=NNc2nc(C)cs2)cc1OC. The molecule has 0 aliphatic rings. The molecule has 106 valence electrons. The second-order valence-electron chi connectivity index (χ2n) is 3.89. The van der Waals surface area contributed by atoms with Crippen LogP contribution in [-0.2, 0) is 0 Å². The molecule has 0 bridgehead atoms. The van der Waals surface area contributed by atoms with Crippen molar-refractivity contribution in [2.24, 2.45) is 5.10 Å². The van der Waals surface area contributed by atoms with Gasteiger partial charge in [-0.3, -0.25) is 5.43 Å². The fourth-order valence-corrected chi connectivity index (χ4v) is 2.59. The number of aromatic nitrogens is 1. The minimum absolute atomic E-state index is 0.655. The van der Waals surface area contributed by atoms with Crippen LogP contribution in [0.5, 0.6) is 11.5 Å². The van der Waals surface area contributed by atoms with E-state index >= 15 is 0 Å². The van der Waals surface area contributed by atoms with E-state index in [1.54, 1.807) is 20.4 Å². The summed E-state index contributed by atoms with van der Waals surface area (Å²) in [6.07, 6.45) is 1.70. The third kappa shape index (κ3) is 3.49. The standard InChI is InChI=1S/C13H14BrN3O2S/c1-8-7-20-13(16-8)17-15-6-9-4-11(18-2)12(19-3)5-10(9)14/h4-7H,1-3H3,(H,16,17). The van der Waals surface area contributed by atoms with Gasteiger partial charge in [0.05, 0.1) is 26.1 Å². The highest BCUT2D eigenvalue weighted by atomic mass is 79.9. The van der Waals surface area contributed by atoms with Crippen molar-refractivity contribution < 1.29 is 9.47 Å². The molecular formula is C13H14BrN3O2S. The number of ether oxygens (including phenoxy) is 2. The van der Waals surface area contributed by atoms with Crippen LogP contribution < -0.4 is 14.9 Å². The highest BCUT2D eigenvalue weighted by molar-refractivity contribution is 9.10. The number of hydrazone groups is 1. The number of hydrogen-bond donors (Lipinski definition) is 1. The van der Waals surface area contributed by atoms with Crippen molar-refractivity contribution in [1.82, 2.24) is 4.98 Å². The van der Waals surface area contributed by atoms with E-state index < -0.39 is 0 Å². The van der Waals surface area contributed by atoms with Crippen molar-refractivity contribution in [1.29, 1.82) is 0 Å². The Morgan fingerprint density at radius 3 is 2.60 bits per heavy atom. The quantitative estimate of drug-likeness (QED) is 0.656. The molecule has 0 unspecified atom stereocenters. The van der Waals surface area contributed by atoms with E-state index in [0.717, 1.165) is 20.9 Å². The Balaban J connectivity index is 2.16. The molecule has 2 rings (SSSR count). The summed E-state index contributed by atoms with van der Waals surface area (Å²) in [7, 11) is 3.20. The molecule has 1 N–H and O–H groups in total. The average Bonchev–Trinajstić information content (AvgIpc) is 2.85. The van der Waals surface area contributed by atoms with Crippen molar-refractivity contribution in [2.45, 2.75) is 6.92 Å². The number of aryl methyl sites for hydroxylation is 1. The molecule has 2 aromatic rings. The third-order valence-corrected chi connectivity index (χ3v) is 4.04. The van der Waals surface area contributed by atoms with Gasteiger partial charge in [0.2, 0.25) is 5.13 Å².